The van der Waals surface area contributed by atoms with E-state index in [1.165, 1.54) is 29.7 Å². The zero-order chi connectivity index (χ0) is 18.7. The molecule has 26 heavy (non-hydrogen) atoms. The molecule has 0 unspecified atom stereocenters. The number of nitrogens with zero attached hydrogens (tertiary/aromatic N) is 4. The van der Waals surface area contributed by atoms with Crippen molar-refractivity contribution in [2.24, 2.45) is 0 Å². The van der Waals surface area contributed by atoms with Crippen molar-refractivity contribution in [1.29, 1.82) is 0 Å². The highest BCUT2D eigenvalue weighted by atomic mass is 32.2. The lowest BCUT2D eigenvalue weighted by molar-refractivity contribution is 0.285. The van der Waals surface area contributed by atoms with Crippen molar-refractivity contribution in [3.05, 3.63) is 40.7 Å². The Bertz CT molecular complexity index is 831. The number of hydrogen-bond acceptors (Lipinski definition) is 6. The fourth-order valence-corrected chi connectivity index (χ4v) is 5.48. The van der Waals surface area contributed by atoms with Gasteiger partial charge in [0, 0.05) is 32.1 Å². The van der Waals surface area contributed by atoms with Gasteiger partial charge in [-0.15, -0.1) is 10.2 Å². The highest BCUT2D eigenvalue weighted by Gasteiger charge is 2.30. The fraction of sp³-hybridized carbons (Fsp3) is 0.529. The van der Waals surface area contributed by atoms with Crippen LogP contribution in [0, 0.1) is 5.82 Å². The Labute approximate surface area is 157 Å². The first-order valence-electron chi connectivity index (χ1n) is 8.65. The third kappa shape index (κ3) is 4.57. The fourth-order valence-electron chi connectivity index (χ4n) is 3.33. The molecular formula is C17H23FN4O2S2. The van der Waals surface area contributed by atoms with Crippen molar-refractivity contribution < 1.29 is 12.8 Å². The summed E-state index contributed by atoms with van der Waals surface area (Å²) in [6, 6.07) is 6.46. The van der Waals surface area contributed by atoms with Crippen LogP contribution in [0.4, 0.5) is 9.52 Å². The maximum absolute atomic E-state index is 13.0. The van der Waals surface area contributed by atoms with Gasteiger partial charge in [-0.2, -0.15) is 4.31 Å². The van der Waals surface area contributed by atoms with Crippen LogP contribution in [0.2, 0.25) is 0 Å². The van der Waals surface area contributed by atoms with Gasteiger partial charge in [0.2, 0.25) is 15.2 Å². The highest BCUT2D eigenvalue weighted by molar-refractivity contribution is 7.88. The minimum absolute atomic E-state index is 0.0536. The summed E-state index contributed by atoms with van der Waals surface area (Å²) in [5.41, 5.74) is 1.000. The van der Waals surface area contributed by atoms with E-state index in [4.69, 9.17) is 0 Å². The molecule has 3 rings (SSSR count). The molecular weight excluding hydrogens is 375 g/mol. The molecule has 2 heterocycles. The van der Waals surface area contributed by atoms with Crippen molar-refractivity contribution in [3.8, 4) is 0 Å². The number of aromatic nitrogens is 2. The molecule has 1 aliphatic heterocycles. The van der Waals surface area contributed by atoms with Gasteiger partial charge >= 0.3 is 0 Å². The predicted octanol–water partition coefficient (Wildman–Crippen LogP) is 2.52. The lowest BCUT2D eigenvalue weighted by Crippen LogP contribution is -2.47. The second kappa shape index (κ2) is 7.98. The van der Waals surface area contributed by atoms with E-state index in [1.807, 2.05) is 6.92 Å². The van der Waals surface area contributed by atoms with Crippen molar-refractivity contribution >= 4 is 26.5 Å². The monoisotopic (exact) mass is 398 g/mol. The first-order chi connectivity index (χ1) is 12.4. The van der Waals surface area contributed by atoms with Crippen LogP contribution in [-0.2, 0) is 16.4 Å². The average molecular weight is 399 g/mol. The van der Waals surface area contributed by atoms with E-state index in [0.717, 1.165) is 41.6 Å². The van der Waals surface area contributed by atoms with Gasteiger partial charge in [0.1, 0.15) is 10.8 Å². The van der Waals surface area contributed by atoms with Crippen molar-refractivity contribution in [1.82, 2.24) is 14.5 Å². The number of halogens is 1. The topological polar surface area (TPSA) is 66.4 Å². The van der Waals surface area contributed by atoms with Gasteiger partial charge in [-0.25, -0.2) is 12.8 Å². The number of rotatable bonds is 6. The van der Waals surface area contributed by atoms with E-state index in [2.05, 4.69) is 15.1 Å². The van der Waals surface area contributed by atoms with Crippen LogP contribution in [-0.4, -0.2) is 54.9 Å². The standard InChI is InChI=1S/C17H23FN4O2S2/c1-3-22(26(2,23)24)15-8-10-21(11-9-15)17-20-19-16(25-17)12-13-4-6-14(18)7-5-13/h4-7,15H,3,8-12H2,1-2H3. The largest absolute Gasteiger partial charge is 0.347 e. The summed E-state index contributed by atoms with van der Waals surface area (Å²) >= 11 is 1.54. The number of hydrogen-bond donors (Lipinski definition) is 0. The molecule has 1 saturated heterocycles. The van der Waals surface area contributed by atoms with E-state index in [1.54, 1.807) is 16.4 Å². The van der Waals surface area contributed by atoms with Crippen LogP contribution in [0.3, 0.4) is 0 Å². The molecule has 1 fully saturated rings. The van der Waals surface area contributed by atoms with Gasteiger partial charge in [0.15, 0.2) is 0 Å². The second-order valence-corrected chi connectivity index (χ2v) is 9.44. The number of piperidine rings is 1. The molecule has 1 aromatic carbocycles. The zero-order valence-corrected chi connectivity index (χ0v) is 16.6. The van der Waals surface area contributed by atoms with Crippen molar-refractivity contribution in [3.63, 3.8) is 0 Å². The van der Waals surface area contributed by atoms with Gasteiger partial charge in [-0.3, -0.25) is 0 Å². The van der Waals surface area contributed by atoms with E-state index >= 15 is 0 Å². The molecule has 0 N–H and O–H groups in total. The molecule has 2 aromatic rings. The predicted molar refractivity (Wildman–Crippen MR) is 102 cm³/mol. The minimum Gasteiger partial charge on any atom is -0.347 e. The molecule has 0 radical (unpaired) electrons. The molecule has 0 atom stereocenters. The molecule has 1 aliphatic rings. The molecule has 1 aromatic heterocycles. The Morgan fingerprint density at radius 2 is 1.88 bits per heavy atom. The molecule has 6 nitrogen and oxygen atoms in total. The summed E-state index contributed by atoms with van der Waals surface area (Å²) in [5.74, 6) is -0.246. The maximum Gasteiger partial charge on any atom is 0.211 e. The SMILES string of the molecule is CCN(C1CCN(c2nnc(Cc3ccc(F)cc3)s2)CC1)S(C)(=O)=O. The van der Waals surface area contributed by atoms with Gasteiger partial charge < -0.3 is 4.90 Å². The first-order valence-corrected chi connectivity index (χ1v) is 11.3. The number of sulfonamides is 1. The van der Waals surface area contributed by atoms with E-state index < -0.39 is 10.0 Å². The third-order valence-electron chi connectivity index (χ3n) is 4.60. The van der Waals surface area contributed by atoms with E-state index in [-0.39, 0.29) is 11.9 Å². The molecule has 0 saturated carbocycles. The molecule has 0 bridgehead atoms. The lowest BCUT2D eigenvalue weighted by Gasteiger charge is -2.36. The maximum atomic E-state index is 13.0. The second-order valence-electron chi connectivity index (χ2n) is 6.47. The van der Waals surface area contributed by atoms with Crippen molar-refractivity contribution in [2.75, 3.05) is 30.8 Å². The Kier molecular flexibility index (Phi) is 5.89. The Morgan fingerprint density at radius 1 is 1.23 bits per heavy atom. The quantitative estimate of drug-likeness (QED) is 0.748. The average Bonchev–Trinajstić information content (AvgIpc) is 3.05. The minimum atomic E-state index is -3.17. The van der Waals surface area contributed by atoms with Gasteiger partial charge in [-0.05, 0) is 30.5 Å². The van der Waals surface area contributed by atoms with E-state index in [9.17, 15) is 12.8 Å². The number of benzene rings is 1. The van der Waals surface area contributed by atoms with Crippen molar-refractivity contribution in [2.45, 2.75) is 32.2 Å². The molecule has 9 heteroatoms. The lowest BCUT2D eigenvalue weighted by atomic mass is 10.1. The number of anilines is 1. The van der Waals surface area contributed by atoms with E-state index in [0.29, 0.717) is 13.0 Å². The van der Waals surface area contributed by atoms with Crippen LogP contribution >= 0.6 is 11.3 Å². The van der Waals surface area contributed by atoms with Crippen LogP contribution in [0.25, 0.3) is 0 Å². The summed E-state index contributed by atoms with van der Waals surface area (Å²) in [6.07, 6.45) is 3.48. The van der Waals surface area contributed by atoms with Crippen LogP contribution in [0.1, 0.15) is 30.3 Å². The molecule has 142 valence electrons. The summed E-state index contributed by atoms with van der Waals surface area (Å²) < 4.78 is 38.3. The Morgan fingerprint density at radius 3 is 2.46 bits per heavy atom. The zero-order valence-electron chi connectivity index (χ0n) is 14.9. The summed E-state index contributed by atoms with van der Waals surface area (Å²) in [5, 5.41) is 10.3. The Balaban J connectivity index is 1.60. The van der Waals surface area contributed by atoms with Crippen LogP contribution in [0.15, 0.2) is 24.3 Å². The highest BCUT2D eigenvalue weighted by Crippen LogP contribution is 2.27. The normalized spacial score (nSPS) is 16.4. The van der Waals surface area contributed by atoms with Crippen LogP contribution < -0.4 is 4.90 Å². The van der Waals surface area contributed by atoms with Gasteiger partial charge in [0.05, 0.1) is 6.26 Å². The summed E-state index contributed by atoms with van der Waals surface area (Å²) in [4.78, 5) is 2.17. The molecule has 0 aliphatic carbocycles. The molecule has 0 spiro atoms. The van der Waals surface area contributed by atoms with Crippen LogP contribution in [0.5, 0.6) is 0 Å². The van der Waals surface area contributed by atoms with Gasteiger partial charge in [-0.1, -0.05) is 30.4 Å². The van der Waals surface area contributed by atoms with Gasteiger partial charge in [0.25, 0.3) is 0 Å². The first kappa shape index (κ1) is 19.2. The molecule has 0 amide bonds. The summed E-state index contributed by atoms with van der Waals surface area (Å²) in [7, 11) is -3.17. The smallest absolute Gasteiger partial charge is 0.211 e. The third-order valence-corrected chi connectivity index (χ3v) is 7.00. The Hall–Kier alpha value is -1.58. The summed E-state index contributed by atoms with van der Waals surface area (Å²) in [6.45, 7) is 3.91.